The number of amides is 1. The molecule has 120 valence electrons. The van der Waals surface area contributed by atoms with Gasteiger partial charge in [0.25, 0.3) is 0 Å². The number of fused-ring (bicyclic) bond motifs is 1. The molecular formula is C18H15ClN4O. The van der Waals surface area contributed by atoms with Gasteiger partial charge >= 0.3 is 0 Å². The molecule has 1 unspecified atom stereocenters. The number of nitrogens with one attached hydrogen (secondary N) is 1. The number of benzene rings is 2. The zero-order valence-corrected chi connectivity index (χ0v) is 13.6. The van der Waals surface area contributed by atoms with E-state index in [9.17, 15) is 4.79 Å². The third kappa shape index (κ3) is 2.67. The van der Waals surface area contributed by atoms with Crippen LogP contribution in [0.15, 0.2) is 54.9 Å². The molecule has 2 aromatic carbocycles. The van der Waals surface area contributed by atoms with Crippen molar-refractivity contribution in [2.45, 2.75) is 12.5 Å². The summed E-state index contributed by atoms with van der Waals surface area (Å²) in [6.45, 7) is 0.653. The van der Waals surface area contributed by atoms with Crippen LogP contribution in [0.25, 0.3) is 10.9 Å². The summed E-state index contributed by atoms with van der Waals surface area (Å²) in [5.74, 6) is 0.715. The summed E-state index contributed by atoms with van der Waals surface area (Å²) in [6, 6.07) is 14.8. The van der Waals surface area contributed by atoms with E-state index < -0.39 is 0 Å². The molecular weight excluding hydrogens is 324 g/mol. The lowest BCUT2D eigenvalue weighted by Crippen LogP contribution is -2.33. The van der Waals surface area contributed by atoms with Gasteiger partial charge in [-0.1, -0.05) is 29.8 Å². The maximum Gasteiger partial charge on any atom is 0.249 e. The Balaban J connectivity index is 1.59. The number of nitrogens with zero attached hydrogens (tertiary/aromatic N) is 3. The lowest BCUT2D eigenvalue weighted by Gasteiger charge is -2.18. The van der Waals surface area contributed by atoms with Crippen LogP contribution in [0.1, 0.15) is 6.42 Å². The van der Waals surface area contributed by atoms with Crippen LogP contribution >= 0.6 is 11.6 Å². The molecule has 0 aliphatic carbocycles. The van der Waals surface area contributed by atoms with E-state index in [2.05, 4.69) is 15.3 Å². The number of aromatic nitrogens is 2. The maximum atomic E-state index is 12.7. The molecule has 4 rings (SSSR count). The first-order valence-electron chi connectivity index (χ1n) is 7.75. The molecule has 0 spiro atoms. The van der Waals surface area contributed by atoms with Gasteiger partial charge in [0.2, 0.25) is 5.91 Å². The van der Waals surface area contributed by atoms with Crippen molar-refractivity contribution in [2.24, 2.45) is 0 Å². The van der Waals surface area contributed by atoms with Gasteiger partial charge in [-0.05, 0) is 36.8 Å². The van der Waals surface area contributed by atoms with Crippen LogP contribution in [-0.4, -0.2) is 28.5 Å². The SMILES string of the molecule is O=C1C(Nc2ncnc3ccccc23)CCN1c1cccc(Cl)c1. The molecule has 1 amide bonds. The number of para-hydroxylation sites is 1. The van der Waals surface area contributed by atoms with Crippen LogP contribution in [0.3, 0.4) is 0 Å². The quantitative estimate of drug-likeness (QED) is 0.794. The highest BCUT2D eigenvalue weighted by Crippen LogP contribution is 2.27. The van der Waals surface area contributed by atoms with E-state index in [0.717, 1.165) is 16.6 Å². The molecule has 1 fully saturated rings. The van der Waals surface area contributed by atoms with Crippen molar-refractivity contribution in [1.82, 2.24) is 9.97 Å². The number of halogens is 1. The maximum absolute atomic E-state index is 12.7. The molecule has 1 saturated heterocycles. The highest BCUT2D eigenvalue weighted by atomic mass is 35.5. The first-order chi connectivity index (χ1) is 11.7. The Hall–Kier alpha value is -2.66. The molecule has 1 atom stereocenters. The number of rotatable bonds is 3. The van der Waals surface area contributed by atoms with Crippen LogP contribution < -0.4 is 10.2 Å². The van der Waals surface area contributed by atoms with Crippen molar-refractivity contribution in [3.8, 4) is 0 Å². The van der Waals surface area contributed by atoms with Crippen LogP contribution in [0.5, 0.6) is 0 Å². The predicted molar refractivity (Wildman–Crippen MR) is 95.4 cm³/mol. The monoisotopic (exact) mass is 338 g/mol. The van der Waals surface area contributed by atoms with Crippen molar-refractivity contribution < 1.29 is 4.79 Å². The summed E-state index contributed by atoms with van der Waals surface area (Å²) < 4.78 is 0. The second-order valence-corrected chi connectivity index (χ2v) is 6.13. The minimum Gasteiger partial charge on any atom is -0.358 e. The Kier molecular flexibility index (Phi) is 3.78. The van der Waals surface area contributed by atoms with Gasteiger partial charge in [0.1, 0.15) is 18.2 Å². The smallest absolute Gasteiger partial charge is 0.249 e. The van der Waals surface area contributed by atoms with Gasteiger partial charge in [-0.2, -0.15) is 0 Å². The zero-order valence-electron chi connectivity index (χ0n) is 12.8. The molecule has 1 N–H and O–H groups in total. The summed E-state index contributed by atoms with van der Waals surface area (Å²) in [4.78, 5) is 23.0. The normalized spacial score (nSPS) is 17.5. The van der Waals surface area contributed by atoms with Gasteiger partial charge in [-0.15, -0.1) is 0 Å². The largest absolute Gasteiger partial charge is 0.358 e. The molecule has 0 saturated carbocycles. The molecule has 0 radical (unpaired) electrons. The summed E-state index contributed by atoms with van der Waals surface area (Å²) in [7, 11) is 0. The lowest BCUT2D eigenvalue weighted by atomic mass is 10.2. The zero-order chi connectivity index (χ0) is 16.5. The molecule has 2 heterocycles. The summed E-state index contributed by atoms with van der Waals surface area (Å²) >= 11 is 6.03. The van der Waals surface area contributed by atoms with Crippen LogP contribution in [0.2, 0.25) is 5.02 Å². The number of carbonyl (C=O) groups excluding carboxylic acids is 1. The van der Waals surface area contributed by atoms with Crippen molar-refractivity contribution in [3.63, 3.8) is 0 Å². The fourth-order valence-corrected chi connectivity index (χ4v) is 3.18. The van der Waals surface area contributed by atoms with Crippen LogP contribution in [0, 0.1) is 0 Å². The van der Waals surface area contributed by atoms with E-state index >= 15 is 0 Å². The number of hydrogen-bond acceptors (Lipinski definition) is 4. The van der Waals surface area contributed by atoms with Crippen LogP contribution in [0.4, 0.5) is 11.5 Å². The minimum absolute atomic E-state index is 0.0277. The second kappa shape index (κ2) is 6.09. The minimum atomic E-state index is -0.303. The van der Waals surface area contributed by atoms with Gasteiger partial charge in [0.05, 0.1) is 5.52 Å². The average molecular weight is 339 g/mol. The Bertz CT molecular complexity index is 909. The van der Waals surface area contributed by atoms with Gasteiger partial charge in [0.15, 0.2) is 0 Å². The van der Waals surface area contributed by atoms with Crippen molar-refractivity contribution in [1.29, 1.82) is 0 Å². The molecule has 1 aromatic heterocycles. The van der Waals surface area contributed by atoms with E-state index in [0.29, 0.717) is 23.8 Å². The van der Waals surface area contributed by atoms with Gasteiger partial charge in [-0.3, -0.25) is 4.79 Å². The summed E-state index contributed by atoms with van der Waals surface area (Å²) in [5, 5.41) is 4.81. The highest BCUT2D eigenvalue weighted by molar-refractivity contribution is 6.31. The summed E-state index contributed by atoms with van der Waals surface area (Å²) in [6.07, 6.45) is 2.22. The number of carbonyl (C=O) groups is 1. The number of anilines is 2. The third-order valence-electron chi connectivity index (χ3n) is 4.18. The van der Waals surface area contributed by atoms with Crippen molar-refractivity contribution in [3.05, 3.63) is 59.9 Å². The number of hydrogen-bond donors (Lipinski definition) is 1. The fourth-order valence-electron chi connectivity index (χ4n) is 3.00. The summed E-state index contributed by atoms with van der Waals surface area (Å²) in [5.41, 5.74) is 1.68. The molecule has 0 bridgehead atoms. The second-order valence-electron chi connectivity index (χ2n) is 5.69. The Morgan fingerprint density at radius 2 is 2.00 bits per heavy atom. The molecule has 6 heteroatoms. The van der Waals surface area contributed by atoms with Gasteiger partial charge in [-0.25, -0.2) is 9.97 Å². The first-order valence-corrected chi connectivity index (χ1v) is 8.13. The predicted octanol–water partition coefficient (Wildman–Crippen LogP) is 3.50. The van der Waals surface area contributed by atoms with Crippen LogP contribution in [-0.2, 0) is 4.79 Å². The first kappa shape index (κ1) is 14.9. The van der Waals surface area contributed by atoms with Crippen molar-refractivity contribution >= 4 is 39.9 Å². The molecule has 24 heavy (non-hydrogen) atoms. The van der Waals surface area contributed by atoms with E-state index in [4.69, 9.17) is 11.6 Å². The Morgan fingerprint density at radius 1 is 1.12 bits per heavy atom. The third-order valence-corrected chi connectivity index (χ3v) is 4.41. The van der Waals surface area contributed by atoms with Gasteiger partial charge in [0, 0.05) is 22.6 Å². The van der Waals surface area contributed by atoms with Crippen molar-refractivity contribution in [2.75, 3.05) is 16.8 Å². The molecule has 3 aromatic rings. The molecule has 1 aliphatic heterocycles. The Labute approximate surface area is 144 Å². The van der Waals surface area contributed by atoms with E-state index in [1.54, 1.807) is 11.0 Å². The lowest BCUT2D eigenvalue weighted by molar-refractivity contribution is -0.117. The average Bonchev–Trinajstić information content (AvgIpc) is 2.96. The van der Waals surface area contributed by atoms with E-state index in [-0.39, 0.29) is 11.9 Å². The Morgan fingerprint density at radius 3 is 2.88 bits per heavy atom. The van der Waals surface area contributed by atoms with E-state index in [1.165, 1.54) is 6.33 Å². The fraction of sp³-hybridized carbons (Fsp3) is 0.167. The van der Waals surface area contributed by atoms with Gasteiger partial charge < -0.3 is 10.2 Å². The van der Waals surface area contributed by atoms with E-state index in [1.807, 2.05) is 42.5 Å². The molecule has 5 nitrogen and oxygen atoms in total. The topological polar surface area (TPSA) is 58.1 Å². The standard InChI is InChI=1S/C18H15ClN4O/c19-12-4-3-5-13(10-12)23-9-8-16(18(23)24)22-17-14-6-1-2-7-15(14)20-11-21-17/h1-7,10-11,16H,8-9H2,(H,20,21,22). The highest BCUT2D eigenvalue weighted by Gasteiger charge is 2.33. The molecule has 1 aliphatic rings.